The van der Waals surface area contributed by atoms with Crippen LogP contribution >= 0.6 is 11.3 Å². The molecular formula is C34H40N4O6S3. The summed E-state index contributed by atoms with van der Waals surface area (Å²) < 4.78 is 53.9. The first kappa shape index (κ1) is 34.7. The zero-order valence-electron chi connectivity index (χ0n) is 27.2. The Morgan fingerprint density at radius 2 is 1.57 bits per heavy atom. The molecule has 47 heavy (non-hydrogen) atoms. The SMILES string of the molecule is CCS(=O)(=O)c1ccc(CNC(=O)c2nc(C(=O)N3CCC(C)CC3)c(-c3ccc(S(=O)(=O)NC(C)(C)C)c4ccccc34)s2)cc1. The third-order valence-corrected chi connectivity index (χ3v) is 12.7. The predicted molar refractivity (Wildman–Crippen MR) is 185 cm³/mol. The van der Waals surface area contributed by atoms with Gasteiger partial charge in [-0.15, -0.1) is 11.3 Å². The second kappa shape index (κ2) is 13.5. The fraction of sp³-hybridized carbons (Fsp3) is 0.382. The number of nitrogens with one attached hydrogen (secondary N) is 2. The lowest BCUT2D eigenvalue weighted by atomic mass is 9.98. The van der Waals surface area contributed by atoms with Crippen LogP contribution in [0.25, 0.3) is 21.2 Å². The number of hydrogen-bond acceptors (Lipinski definition) is 8. The van der Waals surface area contributed by atoms with Gasteiger partial charge in [0.1, 0.15) is 5.69 Å². The van der Waals surface area contributed by atoms with Crippen molar-refractivity contribution in [1.82, 2.24) is 19.9 Å². The van der Waals surface area contributed by atoms with Crippen molar-refractivity contribution in [2.45, 2.75) is 69.3 Å². The van der Waals surface area contributed by atoms with Gasteiger partial charge in [-0.2, -0.15) is 0 Å². The van der Waals surface area contributed by atoms with Crippen molar-refractivity contribution < 1.29 is 26.4 Å². The number of benzene rings is 3. The summed E-state index contributed by atoms with van der Waals surface area (Å²) in [4.78, 5) is 34.6. The highest BCUT2D eigenvalue weighted by Crippen LogP contribution is 2.39. The van der Waals surface area contributed by atoms with E-state index in [9.17, 15) is 26.4 Å². The molecule has 0 unspecified atom stereocenters. The van der Waals surface area contributed by atoms with Gasteiger partial charge in [-0.05, 0) is 68.7 Å². The van der Waals surface area contributed by atoms with Crippen molar-refractivity contribution in [3.05, 3.63) is 76.9 Å². The van der Waals surface area contributed by atoms with Crippen LogP contribution < -0.4 is 10.0 Å². The van der Waals surface area contributed by atoms with Crippen LogP contribution in [0.5, 0.6) is 0 Å². The van der Waals surface area contributed by atoms with Crippen LogP contribution in [0.4, 0.5) is 0 Å². The number of nitrogens with zero attached hydrogens (tertiary/aromatic N) is 2. The highest BCUT2D eigenvalue weighted by atomic mass is 32.2. The minimum absolute atomic E-state index is 0.00535. The predicted octanol–water partition coefficient (Wildman–Crippen LogP) is 5.64. The summed E-state index contributed by atoms with van der Waals surface area (Å²) >= 11 is 1.08. The molecule has 2 amide bonds. The van der Waals surface area contributed by atoms with Crippen molar-refractivity contribution >= 4 is 53.8 Å². The quantitative estimate of drug-likeness (QED) is 0.231. The number of rotatable bonds is 9. The maximum Gasteiger partial charge on any atom is 0.280 e. The number of aromatic nitrogens is 1. The topological polar surface area (TPSA) is 143 Å². The molecule has 1 aliphatic rings. The first-order valence-electron chi connectivity index (χ1n) is 15.6. The zero-order chi connectivity index (χ0) is 34.1. The number of sulfone groups is 1. The van der Waals surface area contributed by atoms with Crippen LogP contribution in [0.2, 0.25) is 0 Å². The van der Waals surface area contributed by atoms with E-state index >= 15 is 0 Å². The maximum absolute atomic E-state index is 14.0. The van der Waals surface area contributed by atoms with Gasteiger partial charge in [0, 0.05) is 36.1 Å². The summed E-state index contributed by atoms with van der Waals surface area (Å²) in [5.74, 6) is -0.253. The number of piperidine rings is 1. The molecule has 0 saturated carbocycles. The van der Waals surface area contributed by atoms with Crippen LogP contribution in [-0.2, 0) is 26.4 Å². The number of sulfonamides is 1. The number of carbonyl (C=O) groups excluding carboxylic acids is 2. The van der Waals surface area contributed by atoms with Crippen LogP contribution in [0, 0.1) is 5.92 Å². The number of thiazole rings is 1. The molecule has 1 aromatic heterocycles. The Labute approximate surface area is 280 Å². The molecule has 2 N–H and O–H groups in total. The fourth-order valence-electron chi connectivity index (χ4n) is 5.51. The van der Waals surface area contributed by atoms with Gasteiger partial charge in [0.15, 0.2) is 14.8 Å². The minimum Gasteiger partial charge on any atom is -0.346 e. The third kappa shape index (κ3) is 7.75. The number of carbonyl (C=O) groups is 2. The number of hydrogen-bond donors (Lipinski definition) is 2. The second-order valence-electron chi connectivity index (χ2n) is 12.9. The molecule has 1 saturated heterocycles. The van der Waals surface area contributed by atoms with Crippen molar-refractivity contribution in [2.24, 2.45) is 5.92 Å². The molecule has 0 bridgehead atoms. The van der Waals surface area contributed by atoms with Crippen LogP contribution in [-0.4, -0.2) is 62.9 Å². The molecule has 0 aliphatic carbocycles. The Hall–Kier alpha value is -3.65. The van der Waals surface area contributed by atoms with E-state index < -0.39 is 31.3 Å². The van der Waals surface area contributed by atoms with Gasteiger partial charge in [-0.1, -0.05) is 56.3 Å². The van der Waals surface area contributed by atoms with Crippen molar-refractivity contribution in [3.8, 4) is 10.4 Å². The van der Waals surface area contributed by atoms with E-state index in [1.165, 1.54) is 18.2 Å². The molecular weight excluding hydrogens is 657 g/mol. The van der Waals surface area contributed by atoms with E-state index in [1.807, 2.05) is 0 Å². The highest BCUT2D eigenvalue weighted by Gasteiger charge is 2.30. The summed E-state index contributed by atoms with van der Waals surface area (Å²) in [5.41, 5.74) is 0.764. The molecule has 2 heterocycles. The molecule has 0 spiro atoms. The normalized spacial score (nSPS) is 14.8. The van der Waals surface area contributed by atoms with Gasteiger partial charge in [-0.3, -0.25) is 9.59 Å². The van der Waals surface area contributed by atoms with E-state index in [0.29, 0.717) is 45.8 Å². The second-order valence-corrected chi connectivity index (χ2v) is 17.8. The third-order valence-electron chi connectivity index (χ3n) is 8.07. The monoisotopic (exact) mass is 696 g/mol. The van der Waals surface area contributed by atoms with E-state index in [4.69, 9.17) is 0 Å². The molecule has 13 heteroatoms. The molecule has 250 valence electrons. The van der Waals surface area contributed by atoms with Gasteiger partial charge in [0.05, 0.1) is 20.4 Å². The fourth-order valence-corrected chi connectivity index (χ4v) is 9.03. The highest BCUT2D eigenvalue weighted by molar-refractivity contribution is 7.91. The number of fused-ring (bicyclic) bond motifs is 1. The first-order chi connectivity index (χ1) is 22.1. The van der Waals surface area contributed by atoms with Crippen LogP contribution in [0.3, 0.4) is 0 Å². The van der Waals surface area contributed by atoms with Gasteiger partial charge in [0.25, 0.3) is 11.8 Å². The molecule has 5 rings (SSSR count). The zero-order valence-corrected chi connectivity index (χ0v) is 29.6. The average Bonchev–Trinajstić information content (AvgIpc) is 3.47. The summed E-state index contributed by atoms with van der Waals surface area (Å²) in [6.07, 6.45) is 1.74. The first-order valence-corrected chi connectivity index (χ1v) is 19.5. The summed E-state index contributed by atoms with van der Waals surface area (Å²) in [6, 6.07) is 16.7. The molecule has 3 aromatic carbocycles. The Morgan fingerprint density at radius 1 is 0.936 bits per heavy atom. The lowest BCUT2D eigenvalue weighted by Gasteiger charge is -2.30. The standard InChI is InChI=1S/C34H40N4O6S3/c1-6-46(41,42)24-13-11-23(12-14-24)21-35-31(39)32-36-29(33(40)38-19-17-22(2)18-20-38)30(45-32)27-15-16-28(26-10-8-7-9-25(26)27)47(43,44)37-34(3,4)5/h7-16,22,37H,6,17-21H2,1-5H3,(H,35,39). The van der Waals surface area contributed by atoms with Gasteiger partial charge in [0.2, 0.25) is 10.0 Å². The van der Waals surface area contributed by atoms with Crippen LogP contribution in [0.15, 0.2) is 70.5 Å². The summed E-state index contributed by atoms with van der Waals surface area (Å²) in [6.45, 7) is 10.4. The number of likely N-dealkylation sites (tertiary alicyclic amines) is 1. The van der Waals surface area contributed by atoms with Crippen molar-refractivity contribution in [1.29, 1.82) is 0 Å². The number of amides is 2. The van der Waals surface area contributed by atoms with Gasteiger partial charge < -0.3 is 10.2 Å². The Balaban J connectivity index is 1.53. The van der Waals surface area contributed by atoms with Gasteiger partial charge >= 0.3 is 0 Å². The van der Waals surface area contributed by atoms with Crippen molar-refractivity contribution in [2.75, 3.05) is 18.8 Å². The minimum atomic E-state index is -3.88. The Bertz CT molecular complexity index is 2020. The van der Waals surface area contributed by atoms with E-state index in [-0.39, 0.29) is 38.7 Å². The lowest BCUT2D eigenvalue weighted by molar-refractivity contribution is 0.0692. The molecule has 10 nitrogen and oxygen atoms in total. The molecule has 0 atom stereocenters. The van der Waals surface area contributed by atoms with E-state index in [0.717, 1.165) is 24.2 Å². The molecule has 1 aliphatic heterocycles. The summed E-state index contributed by atoms with van der Waals surface area (Å²) in [5, 5.41) is 4.03. The Morgan fingerprint density at radius 3 is 2.19 bits per heavy atom. The summed E-state index contributed by atoms with van der Waals surface area (Å²) in [7, 11) is -7.22. The molecule has 0 radical (unpaired) electrons. The van der Waals surface area contributed by atoms with E-state index in [1.54, 1.807) is 75.1 Å². The van der Waals surface area contributed by atoms with E-state index in [2.05, 4.69) is 21.9 Å². The van der Waals surface area contributed by atoms with Crippen LogP contribution in [0.1, 0.15) is 73.3 Å². The maximum atomic E-state index is 14.0. The lowest BCUT2D eigenvalue weighted by Crippen LogP contribution is -2.40. The largest absolute Gasteiger partial charge is 0.346 e. The smallest absolute Gasteiger partial charge is 0.280 e. The average molecular weight is 697 g/mol. The van der Waals surface area contributed by atoms with Gasteiger partial charge in [-0.25, -0.2) is 26.5 Å². The van der Waals surface area contributed by atoms with Crippen molar-refractivity contribution in [3.63, 3.8) is 0 Å². The molecule has 4 aromatic rings. The molecule has 1 fully saturated rings. The Kier molecular flexibility index (Phi) is 9.93.